The summed E-state index contributed by atoms with van der Waals surface area (Å²) in [6.45, 7) is 1.97. The number of aromatic nitrogens is 1. The summed E-state index contributed by atoms with van der Waals surface area (Å²) in [5.41, 5.74) is 2.20. The Bertz CT molecular complexity index is 613. The lowest BCUT2D eigenvalue weighted by molar-refractivity contribution is 0.102. The molecule has 1 heterocycles. The van der Waals surface area contributed by atoms with Gasteiger partial charge in [0.15, 0.2) is 0 Å². The Labute approximate surface area is 120 Å². The fourth-order valence-electron chi connectivity index (χ4n) is 1.62. The van der Waals surface area contributed by atoms with Crippen LogP contribution >= 0.6 is 15.9 Å². The fraction of sp³-hybridized carbons (Fsp3) is 0.143. The molecule has 4 nitrogen and oxygen atoms in total. The van der Waals surface area contributed by atoms with E-state index in [2.05, 4.69) is 31.5 Å². The predicted octanol–water partition coefficient (Wildman–Crippen LogP) is 3.45. The second-order valence-electron chi connectivity index (χ2n) is 4.08. The number of aryl methyl sites for hydroxylation is 1. The molecule has 19 heavy (non-hydrogen) atoms. The van der Waals surface area contributed by atoms with Crippen molar-refractivity contribution >= 4 is 33.3 Å². The van der Waals surface area contributed by atoms with Crippen LogP contribution in [0.4, 0.5) is 11.5 Å². The molecular weight excluding hydrogens is 306 g/mol. The maximum atomic E-state index is 12.1. The Hall–Kier alpha value is -1.88. The van der Waals surface area contributed by atoms with E-state index < -0.39 is 0 Å². The highest BCUT2D eigenvalue weighted by molar-refractivity contribution is 9.10. The van der Waals surface area contributed by atoms with Gasteiger partial charge in [0.05, 0.1) is 0 Å². The number of rotatable bonds is 3. The molecule has 0 aliphatic rings. The average Bonchev–Trinajstić information content (AvgIpc) is 2.43. The molecule has 0 saturated heterocycles. The number of carbonyl (C=O) groups excluding carboxylic acids is 1. The summed E-state index contributed by atoms with van der Waals surface area (Å²) in [6, 6.07) is 10.9. The lowest BCUT2D eigenvalue weighted by Crippen LogP contribution is -2.14. The number of nitrogens with zero attached hydrogens (tertiary/aromatic N) is 1. The summed E-state index contributed by atoms with van der Waals surface area (Å²) in [7, 11) is 1.77. The van der Waals surface area contributed by atoms with E-state index in [1.165, 1.54) is 0 Å². The normalized spacial score (nSPS) is 10.1. The molecule has 0 atom stereocenters. The third kappa shape index (κ3) is 3.32. The molecule has 0 fully saturated rings. The summed E-state index contributed by atoms with van der Waals surface area (Å²) in [5, 5.41) is 5.73. The highest BCUT2D eigenvalue weighted by atomic mass is 79.9. The second-order valence-corrected chi connectivity index (χ2v) is 4.93. The fourth-order valence-corrected chi connectivity index (χ4v) is 1.86. The van der Waals surface area contributed by atoms with Gasteiger partial charge in [-0.25, -0.2) is 4.98 Å². The summed E-state index contributed by atoms with van der Waals surface area (Å²) in [5.74, 6) is 0.443. The minimum absolute atomic E-state index is 0.223. The van der Waals surface area contributed by atoms with Crippen molar-refractivity contribution in [2.24, 2.45) is 0 Å². The molecule has 0 saturated carbocycles. The van der Waals surface area contributed by atoms with Gasteiger partial charge < -0.3 is 10.6 Å². The van der Waals surface area contributed by atoms with Crippen LogP contribution in [0, 0.1) is 6.92 Å². The molecule has 0 radical (unpaired) electrons. The van der Waals surface area contributed by atoms with E-state index in [0.29, 0.717) is 11.5 Å². The molecule has 2 rings (SSSR count). The van der Waals surface area contributed by atoms with Gasteiger partial charge in [-0.05, 0) is 42.8 Å². The van der Waals surface area contributed by atoms with Gasteiger partial charge in [-0.15, -0.1) is 0 Å². The van der Waals surface area contributed by atoms with Gasteiger partial charge in [0, 0.05) is 17.2 Å². The molecule has 0 aliphatic carbocycles. The third-order valence-electron chi connectivity index (χ3n) is 2.65. The first-order valence-electron chi connectivity index (χ1n) is 5.82. The lowest BCUT2D eigenvalue weighted by atomic mass is 10.2. The van der Waals surface area contributed by atoms with Crippen molar-refractivity contribution in [1.29, 1.82) is 0 Å². The molecule has 2 N–H and O–H groups in total. The van der Waals surface area contributed by atoms with E-state index >= 15 is 0 Å². The first-order chi connectivity index (χ1) is 9.10. The number of anilines is 2. The van der Waals surface area contributed by atoms with Crippen LogP contribution in [0.2, 0.25) is 0 Å². The number of carbonyl (C=O) groups is 1. The van der Waals surface area contributed by atoms with Crippen molar-refractivity contribution in [3.8, 4) is 0 Å². The van der Waals surface area contributed by atoms with E-state index in [1.807, 2.05) is 25.1 Å². The number of benzene rings is 1. The van der Waals surface area contributed by atoms with Crippen LogP contribution in [0.25, 0.3) is 0 Å². The summed E-state index contributed by atoms with van der Waals surface area (Å²) >= 11 is 3.43. The van der Waals surface area contributed by atoms with Crippen LogP contribution in [0.1, 0.15) is 16.1 Å². The number of halogens is 1. The Balaban J connectivity index is 2.18. The minimum Gasteiger partial charge on any atom is -0.373 e. The largest absolute Gasteiger partial charge is 0.373 e. The van der Waals surface area contributed by atoms with Gasteiger partial charge >= 0.3 is 0 Å². The monoisotopic (exact) mass is 319 g/mol. The van der Waals surface area contributed by atoms with E-state index in [9.17, 15) is 4.79 Å². The van der Waals surface area contributed by atoms with Crippen molar-refractivity contribution in [2.45, 2.75) is 6.92 Å². The molecule has 0 bridgehead atoms. The molecule has 2 aromatic rings. The first kappa shape index (κ1) is 13.5. The highest BCUT2D eigenvalue weighted by Crippen LogP contribution is 2.20. The summed E-state index contributed by atoms with van der Waals surface area (Å²) < 4.78 is 1.01. The Morgan fingerprint density at radius 2 is 2.05 bits per heavy atom. The smallest absolute Gasteiger partial charge is 0.274 e. The van der Waals surface area contributed by atoms with Crippen LogP contribution in [-0.2, 0) is 0 Å². The topological polar surface area (TPSA) is 54.0 Å². The van der Waals surface area contributed by atoms with Crippen molar-refractivity contribution in [2.75, 3.05) is 17.7 Å². The van der Waals surface area contributed by atoms with E-state index in [1.54, 1.807) is 25.2 Å². The molecule has 1 aromatic carbocycles. The van der Waals surface area contributed by atoms with Gasteiger partial charge in [-0.1, -0.05) is 22.0 Å². The van der Waals surface area contributed by atoms with Gasteiger partial charge in [-0.3, -0.25) is 4.79 Å². The van der Waals surface area contributed by atoms with Crippen LogP contribution in [0.3, 0.4) is 0 Å². The van der Waals surface area contributed by atoms with Crippen LogP contribution in [0.5, 0.6) is 0 Å². The van der Waals surface area contributed by atoms with Crippen molar-refractivity contribution in [1.82, 2.24) is 4.98 Å². The Morgan fingerprint density at radius 1 is 1.26 bits per heavy atom. The standard InChI is InChI=1S/C14H14BrN3O/c1-9-8-10(6-7-11(9)15)17-14(19)12-4-3-5-13(16-2)18-12/h3-8H,1-2H3,(H,16,18)(H,17,19). The first-order valence-corrected chi connectivity index (χ1v) is 6.62. The zero-order valence-electron chi connectivity index (χ0n) is 10.7. The average molecular weight is 320 g/mol. The molecule has 0 unspecified atom stereocenters. The van der Waals surface area contributed by atoms with Crippen molar-refractivity contribution in [3.05, 3.63) is 52.1 Å². The highest BCUT2D eigenvalue weighted by Gasteiger charge is 2.08. The summed E-state index contributed by atoms with van der Waals surface area (Å²) in [6.07, 6.45) is 0. The minimum atomic E-state index is -0.223. The van der Waals surface area contributed by atoms with Crippen LogP contribution in [-0.4, -0.2) is 17.9 Å². The molecule has 1 amide bonds. The van der Waals surface area contributed by atoms with E-state index in [4.69, 9.17) is 0 Å². The molecular formula is C14H14BrN3O. The maximum Gasteiger partial charge on any atom is 0.274 e. The molecule has 1 aromatic heterocycles. The van der Waals surface area contributed by atoms with Gasteiger partial charge in [-0.2, -0.15) is 0 Å². The third-order valence-corrected chi connectivity index (χ3v) is 3.54. The van der Waals surface area contributed by atoms with Crippen molar-refractivity contribution in [3.63, 3.8) is 0 Å². The quantitative estimate of drug-likeness (QED) is 0.911. The molecule has 5 heteroatoms. The zero-order chi connectivity index (χ0) is 13.8. The lowest BCUT2D eigenvalue weighted by Gasteiger charge is -2.07. The molecule has 0 aliphatic heterocycles. The van der Waals surface area contributed by atoms with Crippen molar-refractivity contribution < 1.29 is 4.79 Å². The maximum absolute atomic E-state index is 12.1. The zero-order valence-corrected chi connectivity index (χ0v) is 12.3. The van der Waals surface area contributed by atoms with Gasteiger partial charge in [0.2, 0.25) is 0 Å². The number of amides is 1. The SMILES string of the molecule is CNc1cccc(C(=O)Nc2ccc(Br)c(C)c2)n1. The molecule has 0 spiro atoms. The summed E-state index contributed by atoms with van der Waals surface area (Å²) in [4.78, 5) is 16.3. The van der Waals surface area contributed by atoms with E-state index in [0.717, 1.165) is 15.7 Å². The number of pyridine rings is 1. The number of hydrogen-bond donors (Lipinski definition) is 2. The van der Waals surface area contributed by atoms with Crippen LogP contribution < -0.4 is 10.6 Å². The van der Waals surface area contributed by atoms with Gasteiger partial charge in [0.25, 0.3) is 5.91 Å². The Morgan fingerprint density at radius 3 is 2.74 bits per heavy atom. The molecule has 98 valence electrons. The number of nitrogens with one attached hydrogen (secondary N) is 2. The predicted molar refractivity (Wildman–Crippen MR) is 80.6 cm³/mol. The second kappa shape index (κ2) is 5.84. The number of hydrogen-bond acceptors (Lipinski definition) is 3. The van der Waals surface area contributed by atoms with Gasteiger partial charge in [0.1, 0.15) is 11.5 Å². The van der Waals surface area contributed by atoms with Crippen LogP contribution in [0.15, 0.2) is 40.9 Å². The Kier molecular flexibility index (Phi) is 4.16. The van der Waals surface area contributed by atoms with E-state index in [-0.39, 0.29) is 5.91 Å².